The number of amides is 1. The van der Waals surface area contributed by atoms with Crippen LogP contribution < -0.4 is 10.1 Å². The van der Waals surface area contributed by atoms with Gasteiger partial charge in [0.15, 0.2) is 11.6 Å². The summed E-state index contributed by atoms with van der Waals surface area (Å²) in [4.78, 5) is 11.7. The van der Waals surface area contributed by atoms with Crippen molar-refractivity contribution in [3.8, 4) is 17.6 Å². The number of rotatable bonds is 6. The number of ether oxygens (including phenoxy) is 1. The maximum atomic E-state index is 13.3. The molecule has 0 aliphatic carbocycles. The molecule has 0 saturated carbocycles. The van der Waals surface area contributed by atoms with Crippen LogP contribution in [-0.2, 0) is 11.2 Å². The van der Waals surface area contributed by atoms with E-state index in [0.29, 0.717) is 12.8 Å². The molecule has 0 heterocycles. The lowest BCUT2D eigenvalue weighted by atomic mass is 10.1. The maximum Gasteiger partial charge on any atom is 0.221 e. The van der Waals surface area contributed by atoms with E-state index in [1.165, 1.54) is 6.07 Å². The number of benzene rings is 2. The molecule has 0 saturated heterocycles. The molecule has 23 heavy (non-hydrogen) atoms. The van der Waals surface area contributed by atoms with Crippen LogP contribution in [0.3, 0.4) is 0 Å². The minimum atomic E-state index is -0.413. The molecule has 0 unspecified atom stereocenters. The van der Waals surface area contributed by atoms with Crippen molar-refractivity contribution in [3.63, 3.8) is 0 Å². The van der Waals surface area contributed by atoms with Crippen LogP contribution in [0.15, 0.2) is 54.6 Å². The average molecular weight is 311 g/mol. The van der Waals surface area contributed by atoms with Gasteiger partial charge in [-0.25, -0.2) is 4.39 Å². The molecule has 2 rings (SSSR count). The fourth-order valence-corrected chi connectivity index (χ4v) is 1.92. The number of para-hydroxylation sites is 1. The second-order valence-electron chi connectivity index (χ2n) is 4.83. The standard InChI is InChI=1S/C19H18FNO2/c20-17-10-4-5-11-18(17)23-15-7-6-14-21-19(22)13-12-16-8-2-1-3-9-16/h1-5,8-11H,12-15H2,(H,21,22). The van der Waals surface area contributed by atoms with Gasteiger partial charge in [-0.2, -0.15) is 0 Å². The summed E-state index contributed by atoms with van der Waals surface area (Å²) in [5.41, 5.74) is 1.13. The Morgan fingerprint density at radius 3 is 2.57 bits per heavy atom. The van der Waals surface area contributed by atoms with Gasteiger partial charge < -0.3 is 10.1 Å². The largest absolute Gasteiger partial charge is 0.478 e. The predicted octanol–water partition coefficient (Wildman–Crippen LogP) is 2.96. The lowest BCUT2D eigenvalue weighted by Crippen LogP contribution is -2.23. The predicted molar refractivity (Wildman–Crippen MR) is 87.4 cm³/mol. The van der Waals surface area contributed by atoms with Gasteiger partial charge in [0.1, 0.15) is 6.61 Å². The third-order valence-corrected chi connectivity index (χ3v) is 3.12. The molecule has 0 radical (unpaired) electrons. The lowest BCUT2D eigenvalue weighted by molar-refractivity contribution is -0.120. The Bertz CT molecular complexity index is 689. The maximum absolute atomic E-state index is 13.3. The van der Waals surface area contributed by atoms with E-state index in [9.17, 15) is 9.18 Å². The molecule has 0 spiro atoms. The van der Waals surface area contributed by atoms with Gasteiger partial charge in [-0.3, -0.25) is 4.79 Å². The Morgan fingerprint density at radius 2 is 1.78 bits per heavy atom. The molecule has 0 aliphatic heterocycles. The molecule has 1 amide bonds. The fraction of sp³-hybridized carbons (Fsp3) is 0.211. The second-order valence-corrected chi connectivity index (χ2v) is 4.83. The summed E-state index contributed by atoms with van der Waals surface area (Å²) < 4.78 is 18.5. The average Bonchev–Trinajstić information content (AvgIpc) is 2.58. The van der Waals surface area contributed by atoms with Crippen LogP contribution in [0.4, 0.5) is 4.39 Å². The van der Waals surface area contributed by atoms with Crippen molar-refractivity contribution in [1.82, 2.24) is 5.32 Å². The van der Waals surface area contributed by atoms with Gasteiger partial charge in [0.2, 0.25) is 5.91 Å². The van der Waals surface area contributed by atoms with Gasteiger partial charge in [0.05, 0.1) is 6.54 Å². The first-order chi connectivity index (χ1) is 11.3. The van der Waals surface area contributed by atoms with Gasteiger partial charge in [0.25, 0.3) is 0 Å². The first-order valence-corrected chi connectivity index (χ1v) is 7.39. The molecule has 3 nitrogen and oxygen atoms in total. The number of carbonyl (C=O) groups is 1. The summed E-state index contributed by atoms with van der Waals surface area (Å²) >= 11 is 0. The Balaban J connectivity index is 1.61. The first kappa shape index (κ1) is 16.6. The SMILES string of the molecule is O=C(CCc1ccccc1)NCC#CCOc1ccccc1F. The van der Waals surface area contributed by atoms with Crippen LogP contribution in [0.5, 0.6) is 5.75 Å². The van der Waals surface area contributed by atoms with E-state index in [1.807, 2.05) is 30.3 Å². The van der Waals surface area contributed by atoms with Crippen LogP contribution in [0.25, 0.3) is 0 Å². The molecule has 2 aromatic carbocycles. The van der Waals surface area contributed by atoms with E-state index < -0.39 is 5.82 Å². The molecule has 2 aromatic rings. The number of hydrogen-bond acceptors (Lipinski definition) is 2. The summed E-state index contributed by atoms with van der Waals surface area (Å²) in [6.45, 7) is 0.342. The second kappa shape index (κ2) is 9.26. The van der Waals surface area contributed by atoms with E-state index in [-0.39, 0.29) is 24.8 Å². The number of hydrogen-bond donors (Lipinski definition) is 1. The third kappa shape index (κ3) is 6.23. The lowest BCUT2D eigenvalue weighted by Gasteiger charge is -2.02. The Morgan fingerprint density at radius 1 is 1.04 bits per heavy atom. The third-order valence-electron chi connectivity index (χ3n) is 3.12. The zero-order chi connectivity index (χ0) is 16.3. The highest BCUT2D eigenvalue weighted by Gasteiger charge is 2.00. The Hall–Kier alpha value is -2.80. The van der Waals surface area contributed by atoms with Crippen molar-refractivity contribution in [2.75, 3.05) is 13.2 Å². The first-order valence-electron chi connectivity index (χ1n) is 7.39. The van der Waals surface area contributed by atoms with Crippen LogP contribution in [0.2, 0.25) is 0 Å². The van der Waals surface area contributed by atoms with Crippen molar-refractivity contribution in [3.05, 3.63) is 66.0 Å². The van der Waals surface area contributed by atoms with E-state index in [1.54, 1.807) is 18.2 Å². The fourth-order valence-electron chi connectivity index (χ4n) is 1.92. The number of aryl methyl sites for hydroxylation is 1. The van der Waals surface area contributed by atoms with Crippen LogP contribution in [-0.4, -0.2) is 19.1 Å². The minimum absolute atomic E-state index is 0.0434. The summed E-state index contributed by atoms with van der Waals surface area (Å²) in [5, 5.41) is 2.72. The van der Waals surface area contributed by atoms with E-state index in [4.69, 9.17) is 4.74 Å². The molecule has 0 atom stereocenters. The molecule has 0 aromatic heterocycles. The zero-order valence-corrected chi connectivity index (χ0v) is 12.7. The topological polar surface area (TPSA) is 38.3 Å². The zero-order valence-electron chi connectivity index (χ0n) is 12.7. The van der Waals surface area contributed by atoms with Crippen LogP contribution in [0, 0.1) is 17.7 Å². The highest BCUT2D eigenvalue weighted by Crippen LogP contribution is 2.14. The van der Waals surface area contributed by atoms with E-state index >= 15 is 0 Å². The smallest absolute Gasteiger partial charge is 0.221 e. The molecular formula is C19H18FNO2. The number of carbonyl (C=O) groups excluding carboxylic acids is 1. The molecule has 118 valence electrons. The highest BCUT2D eigenvalue weighted by molar-refractivity contribution is 5.76. The summed E-state index contributed by atoms with van der Waals surface area (Å²) in [7, 11) is 0. The summed E-state index contributed by atoms with van der Waals surface area (Å²) in [5.74, 6) is 5.23. The molecular weight excluding hydrogens is 293 g/mol. The molecule has 4 heteroatoms. The monoisotopic (exact) mass is 311 g/mol. The summed E-state index contributed by atoms with van der Waals surface area (Å²) in [6, 6.07) is 16.0. The number of halogens is 1. The molecule has 0 aliphatic rings. The molecule has 1 N–H and O–H groups in total. The van der Waals surface area contributed by atoms with Crippen molar-refractivity contribution in [2.24, 2.45) is 0 Å². The van der Waals surface area contributed by atoms with Crippen molar-refractivity contribution in [1.29, 1.82) is 0 Å². The van der Waals surface area contributed by atoms with Crippen LogP contribution in [0.1, 0.15) is 12.0 Å². The van der Waals surface area contributed by atoms with Crippen molar-refractivity contribution < 1.29 is 13.9 Å². The quantitative estimate of drug-likeness (QED) is 0.833. The van der Waals surface area contributed by atoms with Gasteiger partial charge in [-0.1, -0.05) is 54.3 Å². The summed E-state index contributed by atoms with van der Waals surface area (Å²) in [6.07, 6.45) is 1.13. The van der Waals surface area contributed by atoms with Gasteiger partial charge >= 0.3 is 0 Å². The van der Waals surface area contributed by atoms with Crippen LogP contribution >= 0.6 is 0 Å². The van der Waals surface area contributed by atoms with E-state index in [2.05, 4.69) is 17.2 Å². The Labute approximate surface area is 135 Å². The van der Waals surface area contributed by atoms with Gasteiger partial charge in [-0.15, -0.1) is 0 Å². The van der Waals surface area contributed by atoms with Gasteiger partial charge in [-0.05, 0) is 24.1 Å². The Kier molecular flexibility index (Phi) is 6.67. The molecule has 0 bridgehead atoms. The normalized spacial score (nSPS) is 9.61. The van der Waals surface area contributed by atoms with Crippen molar-refractivity contribution >= 4 is 5.91 Å². The van der Waals surface area contributed by atoms with E-state index in [0.717, 1.165) is 5.56 Å². The highest BCUT2D eigenvalue weighted by atomic mass is 19.1. The van der Waals surface area contributed by atoms with Gasteiger partial charge in [0, 0.05) is 6.42 Å². The van der Waals surface area contributed by atoms with Crippen molar-refractivity contribution in [2.45, 2.75) is 12.8 Å². The minimum Gasteiger partial charge on any atom is -0.478 e. The molecule has 0 fully saturated rings. The number of nitrogens with one attached hydrogen (secondary N) is 1.